The van der Waals surface area contributed by atoms with E-state index >= 15 is 0 Å². The number of methoxy groups -OCH3 is 2. The first kappa shape index (κ1) is 14.3. The molecule has 1 N–H and O–H groups in total. The molecule has 1 aromatic heterocycles. The van der Waals surface area contributed by atoms with Gasteiger partial charge in [-0.05, 0) is 42.7 Å². The molecule has 1 heterocycles. The fourth-order valence-electron chi connectivity index (χ4n) is 2.06. The minimum absolute atomic E-state index is 0.552. The Labute approximate surface area is 119 Å². The summed E-state index contributed by atoms with van der Waals surface area (Å²) in [5.74, 6) is 1.42. The molecule has 4 nitrogen and oxygen atoms in total. The predicted octanol–water partition coefficient (Wildman–Crippen LogP) is 2.77. The lowest BCUT2D eigenvalue weighted by Crippen LogP contribution is -2.02. The average Bonchev–Trinajstić information content (AvgIpc) is 2.53. The molecule has 0 aliphatic heterocycles. The number of hydrogen-bond donors (Lipinski definition) is 1. The zero-order valence-electron chi connectivity index (χ0n) is 11.7. The number of aliphatic hydroxyl groups excluding tert-OH is 1. The number of aliphatic hydroxyl groups is 1. The van der Waals surface area contributed by atoms with Crippen molar-refractivity contribution in [2.24, 2.45) is 0 Å². The Bertz CT molecular complexity index is 543. The van der Waals surface area contributed by atoms with Gasteiger partial charge in [-0.2, -0.15) is 0 Å². The standard InChI is InChI=1S/C16H19NO3/c1-19-15-9-7-12(11-16(15)20-2)6-8-14(18)13-5-3-4-10-17-13/h3-5,7,9-11,14,18H,6,8H2,1-2H3. The van der Waals surface area contributed by atoms with Crippen LogP contribution in [0.5, 0.6) is 11.5 Å². The highest BCUT2D eigenvalue weighted by molar-refractivity contribution is 5.42. The zero-order chi connectivity index (χ0) is 14.4. The highest BCUT2D eigenvalue weighted by Gasteiger charge is 2.10. The topological polar surface area (TPSA) is 51.6 Å². The summed E-state index contributed by atoms with van der Waals surface area (Å²) in [7, 11) is 3.23. The van der Waals surface area contributed by atoms with Crippen LogP contribution in [0.15, 0.2) is 42.6 Å². The van der Waals surface area contributed by atoms with Crippen LogP contribution in [0.2, 0.25) is 0 Å². The summed E-state index contributed by atoms with van der Waals surface area (Å²) in [5, 5.41) is 10.1. The molecule has 20 heavy (non-hydrogen) atoms. The van der Waals surface area contributed by atoms with E-state index in [9.17, 15) is 5.11 Å². The molecule has 4 heteroatoms. The van der Waals surface area contributed by atoms with Crippen molar-refractivity contribution in [3.8, 4) is 11.5 Å². The quantitative estimate of drug-likeness (QED) is 0.879. The van der Waals surface area contributed by atoms with Gasteiger partial charge < -0.3 is 14.6 Å². The van der Waals surface area contributed by atoms with E-state index in [1.165, 1.54) is 0 Å². The van der Waals surface area contributed by atoms with E-state index in [2.05, 4.69) is 4.98 Å². The van der Waals surface area contributed by atoms with Gasteiger partial charge in [0.2, 0.25) is 0 Å². The molecule has 1 aromatic carbocycles. The van der Waals surface area contributed by atoms with Gasteiger partial charge in [0.25, 0.3) is 0 Å². The lowest BCUT2D eigenvalue weighted by atomic mass is 10.0. The largest absolute Gasteiger partial charge is 0.493 e. The molecule has 0 saturated carbocycles. The third-order valence-corrected chi connectivity index (χ3v) is 3.18. The molecule has 0 saturated heterocycles. The SMILES string of the molecule is COc1ccc(CCC(O)c2ccccn2)cc1OC. The number of pyridine rings is 1. The summed E-state index contributed by atoms with van der Waals surface area (Å²) in [6.07, 6.45) is 2.50. The van der Waals surface area contributed by atoms with Crippen LogP contribution in [0.4, 0.5) is 0 Å². The molecule has 0 radical (unpaired) electrons. The second-order valence-electron chi connectivity index (χ2n) is 4.50. The number of aryl methyl sites for hydroxylation is 1. The van der Waals surface area contributed by atoms with Crippen molar-refractivity contribution in [3.05, 3.63) is 53.9 Å². The van der Waals surface area contributed by atoms with Crippen LogP contribution in [-0.2, 0) is 6.42 Å². The van der Waals surface area contributed by atoms with Crippen LogP contribution in [0, 0.1) is 0 Å². The van der Waals surface area contributed by atoms with E-state index in [-0.39, 0.29) is 0 Å². The Kier molecular flexibility index (Phi) is 4.96. The van der Waals surface area contributed by atoms with Crippen molar-refractivity contribution in [1.82, 2.24) is 4.98 Å². The molecule has 0 fully saturated rings. The van der Waals surface area contributed by atoms with Gasteiger partial charge in [0.1, 0.15) is 0 Å². The van der Waals surface area contributed by atoms with Gasteiger partial charge >= 0.3 is 0 Å². The molecule has 0 aliphatic rings. The first-order chi connectivity index (χ1) is 9.74. The van der Waals surface area contributed by atoms with Crippen molar-refractivity contribution in [1.29, 1.82) is 0 Å². The molecule has 0 bridgehead atoms. The Morgan fingerprint density at radius 1 is 1.10 bits per heavy atom. The third-order valence-electron chi connectivity index (χ3n) is 3.18. The summed E-state index contributed by atoms with van der Waals surface area (Å²) in [5.41, 5.74) is 1.80. The third kappa shape index (κ3) is 3.48. The van der Waals surface area contributed by atoms with Crippen molar-refractivity contribution >= 4 is 0 Å². The maximum absolute atomic E-state index is 10.1. The maximum atomic E-state index is 10.1. The lowest BCUT2D eigenvalue weighted by Gasteiger charge is -2.12. The second kappa shape index (κ2) is 6.91. The van der Waals surface area contributed by atoms with E-state index in [4.69, 9.17) is 9.47 Å². The van der Waals surface area contributed by atoms with E-state index < -0.39 is 6.10 Å². The van der Waals surface area contributed by atoms with Gasteiger partial charge in [0.15, 0.2) is 11.5 Å². The minimum Gasteiger partial charge on any atom is -0.493 e. The monoisotopic (exact) mass is 273 g/mol. The number of ether oxygens (including phenoxy) is 2. The molecular weight excluding hydrogens is 254 g/mol. The van der Waals surface area contributed by atoms with Crippen molar-refractivity contribution in [2.75, 3.05) is 14.2 Å². The number of hydrogen-bond acceptors (Lipinski definition) is 4. The first-order valence-electron chi connectivity index (χ1n) is 6.54. The highest BCUT2D eigenvalue weighted by atomic mass is 16.5. The lowest BCUT2D eigenvalue weighted by molar-refractivity contribution is 0.163. The normalized spacial score (nSPS) is 11.9. The van der Waals surface area contributed by atoms with Crippen LogP contribution in [0.1, 0.15) is 23.8 Å². The molecule has 0 spiro atoms. The van der Waals surface area contributed by atoms with Gasteiger partial charge in [-0.1, -0.05) is 12.1 Å². The van der Waals surface area contributed by atoms with Crippen LogP contribution < -0.4 is 9.47 Å². The zero-order valence-corrected chi connectivity index (χ0v) is 11.7. The van der Waals surface area contributed by atoms with Gasteiger partial charge in [0.05, 0.1) is 26.0 Å². The first-order valence-corrected chi connectivity index (χ1v) is 6.54. The van der Waals surface area contributed by atoms with E-state index in [0.717, 1.165) is 12.0 Å². The van der Waals surface area contributed by atoms with Crippen molar-refractivity contribution in [2.45, 2.75) is 18.9 Å². The Hall–Kier alpha value is -2.07. The fraction of sp³-hybridized carbons (Fsp3) is 0.312. The van der Waals surface area contributed by atoms with Crippen LogP contribution in [-0.4, -0.2) is 24.3 Å². The average molecular weight is 273 g/mol. The van der Waals surface area contributed by atoms with E-state index in [1.807, 2.05) is 36.4 Å². The summed E-state index contributed by atoms with van der Waals surface area (Å²) in [4.78, 5) is 4.16. The van der Waals surface area contributed by atoms with Crippen LogP contribution >= 0.6 is 0 Å². The molecule has 2 aromatic rings. The molecule has 0 aliphatic carbocycles. The number of aromatic nitrogens is 1. The van der Waals surface area contributed by atoms with Gasteiger partial charge in [-0.15, -0.1) is 0 Å². The maximum Gasteiger partial charge on any atom is 0.160 e. The van der Waals surface area contributed by atoms with Gasteiger partial charge in [-0.3, -0.25) is 4.98 Å². The minimum atomic E-state index is -0.552. The number of rotatable bonds is 6. The van der Waals surface area contributed by atoms with Crippen molar-refractivity contribution in [3.63, 3.8) is 0 Å². The molecular formula is C16H19NO3. The molecule has 1 unspecified atom stereocenters. The summed E-state index contributed by atoms with van der Waals surface area (Å²) < 4.78 is 10.5. The molecule has 1 atom stereocenters. The fourth-order valence-corrected chi connectivity index (χ4v) is 2.06. The number of nitrogens with zero attached hydrogens (tertiary/aromatic N) is 1. The molecule has 2 rings (SSSR count). The Balaban J connectivity index is 2.00. The Morgan fingerprint density at radius 2 is 1.90 bits per heavy atom. The van der Waals surface area contributed by atoms with Crippen LogP contribution in [0.3, 0.4) is 0 Å². The highest BCUT2D eigenvalue weighted by Crippen LogP contribution is 2.28. The summed E-state index contributed by atoms with van der Waals surface area (Å²) in [6.45, 7) is 0. The predicted molar refractivity (Wildman–Crippen MR) is 77.1 cm³/mol. The van der Waals surface area contributed by atoms with E-state index in [1.54, 1.807) is 20.4 Å². The summed E-state index contributed by atoms with van der Waals surface area (Å²) >= 11 is 0. The number of benzene rings is 1. The Morgan fingerprint density at radius 3 is 2.55 bits per heavy atom. The summed E-state index contributed by atoms with van der Waals surface area (Å²) in [6, 6.07) is 11.3. The van der Waals surface area contributed by atoms with Crippen LogP contribution in [0.25, 0.3) is 0 Å². The molecule has 106 valence electrons. The van der Waals surface area contributed by atoms with E-state index in [0.29, 0.717) is 23.6 Å². The van der Waals surface area contributed by atoms with Gasteiger partial charge in [0, 0.05) is 6.20 Å². The van der Waals surface area contributed by atoms with Gasteiger partial charge in [-0.25, -0.2) is 0 Å². The smallest absolute Gasteiger partial charge is 0.160 e. The second-order valence-corrected chi connectivity index (χ2v) is 4.50. The van der Waals surface area contributed by atoms with Crippen molar-refractivity contribution < 1.29 is 14.6 Å². The molecule has 0 amide bonds.